The molecule has 0 bridgehead atoms. The number of benzene rings is 1. The molecule has 0 saturated carbocycles. The van der Waals surface area contributed by atoms with Crippen molar-refractivity contribution in [1.82, 2.24) is 5.16 Å². The van der Waals surface area contributed by atoms with Gasteiger partial charge < -0.3 is 4.52 Å². The molecule has 0 saturated heterocycles. The molecule has 2 rings (SSSR count). The van der Waals surface area contributed by atoms with E-state index in [4.69, 9.17) is 4.52 Å². The monoisotopic (exact) mass is 203 g/mol. The second-order valence-electron chi connectivity index (χ2n) is 3.26. The van der Waals surface area contributed by atoms with Crippen molar-refractivity contribution in [1.29, 1.82) is 0 Å². The van der Waals surface area contributed by atoms with Gasteiger partial charge in [0.1, 0.15) is 12.0 Å². The van der Waals surface area contributed by atoms with Crippen LogP contribution in [0.25, 0.3) is 11.3 Å². The standard InChI is InChI=1S/C11H11NO.C2H6/c1-8-5-9(2)7-10(6-8)11-3-4-13-12-11;1-2/h3-7H,1-2H3;1-2H3. The average molecular weight is 203 g/mol. The van der Waals surface area contributed by atoms with Crippen LogP contribution in [0.2, 0.25) is 0 Å². The predicted molar refractivity (Wildman–Crippen MR) is 62.8 cm³/mol. The minimum atomic E-state index is 0.895. The zero-order valence-corrected chi connectivity index (χ0v) is 9.74. The number of hydrogen-bond donors (Lipinski definition) is 0. The van der Waals surface area contributed by atoms with Crippen molar-refractivity contribution < 1.29 is 4.52 Å². The van der Waals surface area contributed by atoms with Crippen molar-refractivity contribution in [3.63, 3.8) is 0 Å². The summed E-state index contributed by atoms with van der Waals surface area (Å²) in [6.45, 7) is 8.16. The topological polar surface area (TPSA) is 26.0 Å². The van der Waals surface area contributed by atoms with Crippen molar-refractivity contribution >= 4 is 0 Å². The second-order valence-corrected chi connectivity index (χ2v) is 3.26. The first-order valence-corrected chi connectivity index (χ1v) is 5.25. The lowest BCUT2D eigenvalue weighted by Gasteiger charge is -2.00. The summed E-state index contributed by atoms with van der Waals surface area (Å²) in [4.78, 5) is 0. The van der Waals surface area contributed by atoms with E-state index in [1.807, 2.05) is 19.9 Å². The molecule has 1 aromatic heterocycles. The van der Waals surface area contributed by atoms with Gasteiger partial charge in [0, 0.05) is 11.6 Å². The third kappa shape index (κ3) is 2.94. The summed E-state index contributed by atoms with van der Waals surface area (Å²) in [6.07, 6.45) is 1.59. The van der Waals surface area contributed by atoms with Crippen molar-refractivity contribution in [3.05, 3.63) is 41.7 Å². The summed E-state index contributed by atoms with van der Waals surface area (Å²) < 4.78 is 4.80. The average Bonchev–Trinajstić information content (AvgIpc) is 2.72. The molecule has 0 unspecified atom stereocenters. The summed E-state index contributed by atoms with van der Waals surface area (Å²) in [5, 5.41) is 3.89. The fraction of sp³-hybridized carbons (Fsp3) is 0.308. The number of hydrogen-bond acceptors (Lipinski definition) is 2. The maximum Gasteiger partial charge on any atom is 0.124 e. The van der Waals surface area contributed by atoms with Crippen LogP contribution >= 0.6 is 0 Å². The van der Waals surface area contributed by atoms with Crippen molar-refractivity contribution in [3.8, 4) is 11.3 Å². The second kappa shape index (κ2) is 5.35. The SMILES string of the molecule is CC.Cc1cc(C)cc(-c2ccon2)c1. The molecule has 2 nitrogen and oxygen atoms in total. The van der Waals surface area contributed by atoms with Gasteiger partial charge in [0.05, 0.1) is 0 Å². The van der Waals surface area contributed by atoms with E-state index in [2.05, 4.69) is 37.2 Å². The van der Waals surface area contributed by atoms with Crippen LogP contribution in [0, 0.1) is 13.8 Å². The fourth-order valence-corrected chi connectivity index (χ4v) is 1.48. The fourth-order valence-electron chi connectivity index (χ4n) is 1.48. The molecule has 2 heteroatoms. The Morgan fingerprint density at radius 1 is 1.00 bits per heavy atom. The van der Waals surface area contributed by atoms with Gasteiger partial charge in [-0.15, -0.1) is 0 Å². The summed E-state index contributed by atoms with van der Waals surface area (Å²) >= 11 is 0. The van der Waals surface area contributed by atoms with E-state index in [0.717, 1.165) is 11.3 Å². The summed E-state index contributed by atoms with van der Waals surface area (Å²) in [6, 6.07) is 8.22. The van der Waals surface area contributed by atoms with Gasteiger partial charge in [-0.3, -0.25) is 0 Å². The van der Waals surface area contributed by atoms with Crippen LogP contribution in [0.1, 0.15) is 25.0 Å². The zero-order chi connectivity index (χ0) is 11.3. The molecular weight excluding hydrogens is 186 g/mol. The molecule has 0 aliphatic heterocycles. The van der Waals surface area contributed by atoms with Gasteiger partial charge in [-0.05, 0) is 26.0 Å². The van der Waals surface area contributed by atoms with E-state index in [9.17, 15) is 0 Å². The smallest absolute Gasteiger partial charge is 0.124 e. The van der Waals surface area contributed by atoms with Gasteiger partial charge in [-0.25, -0.2) is 0 Å². The van der Waals surface area contributed by atoms with E-state index >= 15 is 0 Å². The zero-order valence-electron chi connectivity index (χ0n) is 9.74. The molecule has 0 amide bonds. The quantitative estimate of drug-likeness (QED) is 0.700. The molecule has 0 radical (unpaired) electrons. The first kappa shape index (κ1) is 11.5. The first-order chi connectivity index (χ1) is 7.25. The minimum absolute atomic E-state index is 0.895. The van der Waals surface area contributed by atoms with Crippen LogP contribution in [0.5, 0.6) is 0 Å². The molecule has 80 valence electrons. The highest BCUT2D eigenvalue weighted by molar-refractivity contribution is 5.60. The Labute approximate surface area is 90.9 Å². The molecule has 0 aliphatic carbocycles. The summed E-state index contributed by atoms with van der Waals surface area (Å²) in [5.74, 6) is 0. The normalized spacial score (nSPS) is 9.33. The third-order valence-electron chi connectivity index (χ3n) is 1.96. The Morgan fingerprint density at radius 2 is 1.60 bits per heavy atom. The van der Waals surface area contributed by atoms with Crippen LogP contribution in [0.4, 0.5) is 0 Å². The van der Waals surface area contributed by atoms with Gasteiger partial charge in [0.15, 0.2) is 0 Å². The lowest BCUT2D eigenvalue weighted by atomic mass is 10.1. The Balaban J connectivity index is 0.000000531. The van der Waals surface area contributed by atoms with Crippen molar-refractivity contribution in [2.45, 2.75) is 27.7 Å². The van der Waals surface area contributed by atoms with Gasteiger partial charge in [0.2, 0.25) is 0 Å². The van der Waals surface area contributed by atoms with E-state index in [-0.39, 0.29) is 0 Å². The lowest BCUT2D eigenvalue weighted by molar-refractivity contribution is 0.422. The molecule has 15 heavy (non-hydrogen) atoms. The molecule has 0 N–H and O–H groups in total. The first-order valence-electron chi connectivity index (χ1n) is 5.25. The van der Waals surface area contributed by atoms with Gasteiger partial charge in [-0.1, -0.05) is 36.2 Å². The Kier molecular flexibility index (Phi) is 4.10. The number of aromatic nitrogens is 1. The highest BCUT2D eigenvalue weighted by Crippen LogP contribution is 2.19. The maximum absolute atomic E-state index is 4.80. The van der Waals surface area contributed by atoms with Crippen LogP contribution < -0.4 is 0 Å². The van der Waals surface area contributed by atoms with Crippen molar-refractivity contribution in [2.75, 3.05) is 0 Å². The summed E-state index contributed by atoms with van der Waals surface area (Å²) in [5.41, 5.74) is 4.51. The molecule has 2 aromatic rings. The van der Waals surface area contributed by atoms with E-state index < -0.39 is 0 Å². The predicted octanol–water partition coefficient (Wildman–Crippen LogP) is 3.98. The van der Waals surface area contributed by atoms with E-state index in [1.165, 1.54) is 11.1 Å². The molecular formula is C13H17NO. The van der Waals surface area contributed by atoms with Crippen molar-refractivity contribution in [2.24, 2.45) is 0 Å². The van der Waals surface area contributed by atoms with E-state index in [1.54, 1.807) is 6.26 Å². The Hall–Kier alpha value is -1.57. The van der Waals surface area contributed by atoms with Gasteiger partial charge in [0.25, 0.3) is 0 Å². The molecule has 1 aromatic carbocycles. The lowest BCUT2D eigenvalue weighted by Crippen LogP contribution is -1.81. The molecule has 0 fully saturated rings. The van der Waals surface area contributed by atoms with E-state index in [0.29, 0.717) is 0 Å². The Bertz CT molecular complexity index is 384. The number of nitrogens with zero attached hydrogens (tertiary/aromatic N) is 1. The minimum Gasteiger partial charge on any atom is -0.364 e. The number of rotatable bonds is 1. The van der Waals surface area contributed by atoms with Crippen LogP contribution in [-0.2, 0) is 0 Å². The molecule has 1 heterocycles. The third-order valence-corrected chi connectivity index (χ3v) is 1.96. The molecule has 0 spiro atoms. The Morgan fingerprint density at radius 3 is 2.07 bits per heavy atom. The van der Waals surface area contributed by atoms with Gasteiger partial charge >= 0.3 is 0 Å². The van der Waals surface area contributed by atoms with Gasteiger partial charge in [-0.2, -0.15) is 0 Å². The molecule has 0 atom stereocenters. The number of aryl methyl sites for hydroxylation is 2. The largest absolute Gasteiger partial charge is 0.364 e. The van der Waals surface area contributed by atoms with Crippen LogP contribution in [-0.4, -0.2) is 5.16 Å². The highest BCUT2D eigenvalue weighted by Gasteiger charge is 2.01. The molecule has 0 aliphatic rings. The maximum atomic E-state index is 4.80. The summed E-state index contributed by atoms with van der Waals surface area (Å²) in [7, 11) is 0. The van der Waals surface area contributed by atoms with Crippen LogP contribution in [0.3, 0.4) is 0 Å². The van der Waals surface area contributed by atoms with Crippen LogP contribution in [0.15, 0.2) is 35.1 Å². The highest BCUT2D eigenvalue weighted by atomic mass is 16.5.